The summed E-state index contributed by atoms with van der Waals surface area (Å²) in [4.78, 5) is 5.94. The highest BCUT2D eigenvalue weighted by atomic mass is 15.1. The molecular weight excluding hydrogens is 210 g/mol. The molecule has 2 aromatic rings. The normalized spacial score (nSPS) is 9.12. The van der Waals surface area contributed by atoms with Gasteiger partial charge in [0.15, 0.2) is 0 Å². The van der Waals surface area contributed by atoms with E-state index in [4.69, 9.17) is 5.73 Å². The van der Waals surface area contributed by atoms with Crippen LogP contribution in [0.25, 0.3) is 0 Å². The van der Waals surface area contributed by atoms with Crippen LogP contribution in [0.5, 0.6) is 0 Å². The first kappa shape index (κ1) is 13.2. The average Bonchev–Trinajstić information content (AvgIpc) is 2.41. The monoisotopic (exact) mass is 229 g/mol. The zero-order chi connectivity index (χ0) is 12.5. The van der Waals surface area contributed by atoms with Crippen molar-refractivity contribution in [1.29, 1.82) is 0 Å². The Labute approximate surface area is 103 Å². The predicted octanol–water partition coefficient (Wildman–Crippen LogP) is 2.29. The van der Waals surface area contributed by atoms with Crippen molar-refractivity contribution in [2.75, 3.05) is 19.0 Å². The van der Waals surface area contributed by atoms with E-state index in [0.29, 0.717) is 6.54 Å². The summed E-state index contributed by atoms with van der Waals surface area (Å²) < 4.78 is 0. The Morgan fingerprint density at radius 2 is 1.59 bits per heavy atom. The molecule has 0 spiro atoms. The van der Waals surface area contributed by atoms with Crippen molar-refractivity contribution in [3.05, 3.63) is 60.4 Å². The van der Waals surface area contributed by atoms with Crippen LogP contribution in [0.15, 0.2) is 54.9 Å². The third-order valence-electron chi connectivity index (χ3n) is 2.26. The van der Waals surface area contributed by atoms with E-state index >= 15 is 0 Å². The van der Waals surface area contributed by atoms with E-state index in [0.717, 1.165) is 0 Å². The quantitative estimate of drug-likeness (QED) is 0.859. The minimum atomic E-state index is 0.640. The molecular formula is C14H19N3. The van der Waals surface area contributed by atoms with Gasteiger partial charge < -0.3 is 10.6 Å². The lowest BCUT2D eigenvalue weighted by atomic mass is 10.2. The number of nitrogens with two attached hydrogens (primary N) is 1. The molecule has 0 fully saturated rings. The molecule has 0 aliphatic heterocycles. The lowest BCUT2D eigenvalue weighted by Gasteiger charge is -2.10. The van der Waals surface area contributed by atoms with Crippen molar-refractivity contribution in [1.82, 2.24) is 4.98 Å². The fourth-order valence-electron chi connectivity index (χ4n) is 1.26. The Kier molecular flexibility index (Phi) is 5.75. The van der Waals surface area contributed by atoms with E-state index in [-0.39, 0.29) is 0 Å². The smallest absolute Gasteiger partial charge is 0.0391 e. The van der Waals surface area contributed by atoms with Gasteiger partial charge in [-0.2, -0.15) is 0 Å². The number of nitrogens with zero attached hydrogens (tertiary/aromatic N) is 2. The Hall–Kier alpha value is -1.87. The van der Waals surface area contributed by atoms with Crippen molar-refractivity contribution in [2.45, 2.75) is 6.54 Å². The van der Waals surface area contributed by atoms with Crippen molar-refractivity contribution in [2.24, 2.45) is 5.73 Å². The van der Waals surface area contributed by atoms with E-state index in [2.05, 4.69) is 4.98 Å². The maximum atomic E-state index is 5.35. The van der Waals surface area contributed by atoms with E-state index in [1.807, 2.05) is 61.5 Å². The summed E-state index contributed by atoms with van der Waals surface area (Å²) in [6.07, 6.45) is 3.57. The summed E-state index contributed by atoms with van der Waals surface area (Å²) in [5.41, 5.74) is 7.72. The van der Waals surface area contributed by atoms with Crippen LogP contribution in [0.3, 0.4) is 0 Å². The van der Waals surface area contributed by atoms with Crippen molar-refractivity contribution >= 4 is 5.69 Å². The van der Waals surface area contributed by atoms with E-state index in [9.17, 15) is 0 Å². The third kappa shape index (κ3) is 5.13. The topological polar surface area (TPSA) is 42.2 Å². The zero-order valence-corrected chi connectivity index (χ0v) is 10.4. The average molecular weight is 229 g/mol. The van der Waals surface area contributed by atoms with Gasteiger partial charge in [-0.05, 0) is 17.7 Å². The molecule has 0 amide bonds. The van der Waals surface area contributed by atoms with Gasteiger partial charge in [0.25, 0.3) is 0 Å². The fraction of sp³-hybridized carbons (Fsp3) is 0.214. The lowest BCUT2D eigenvalue weighted by Crippen LogP contribution is -2.07. The first-order valence-electron chi connectivity index (χ1n) is 5.55. The number of pyridine rings is 1. The van der Waals surface area contributed by atoms with Gasteiger partial charge in [-0.25, -0.2) is 0 Å². The van der Waals surface area contributed by atoms with Crippen LogP contribution >= 0.6 is 0 Å². The Bertz CT molecular complexity index is 398. The van der Waals surface area contributed by atoms with Gasteiger partial charge in [-0.3, -0.25) is 4.98 Å². The maximum absolute atomic E-state index is 5.35. The van der Waals surface area contributed by atoms with E-state index in [1.165, 1.54) is 11.3 Å². The fourth-order valence-corrected chi connectivity index (χ4v) is 1.26. The second-order valence-corrected chi connectivity index (χ2v) is 3.79. The lowest BCUT2D eigenvalue weighted by molar-refractivity contribution is 1.07. The number of aromatic nitrogens is 1. The standard InChI is InChI=1S/C7H10N2.C7H9N/c1-9(2)7-3-5-8-6-4-7;8-6-7-4-2-1-3-5-7/h3-6H,1-2H3;1-5H,6,8H2. The first-order valence-corrected chi connectivity index (χ1v) is 5.55. The third-order valence-corrected chi connectivity index (χ3v) is 2.26. The molecule has 0 unspecified atom stereocenters. The minimum Gasteiger partial charge on any atom is -0.378 e. The van der Waals surface area contributed by atoms with Crippen LogP contribution in [0.2, 0.25) is 0 Å². The van der Waals surface area contributed by atoms with Gasteiger partial charge in [0.1, 0.15) is 0 Å². The van der Waals surface area contributed by atoms with Crippen LogP contribution in [0.1, 0.15) is 5.56 Å². The molecule has 0 saturated carbocycles. The van der Waals surface area contributed by atoms with Crippen LogP contribution in [-0.4, -0.2) is 19.1 Å². The molecule has 0 radical (unpaired) electrons. The van der Waals surface area contributed by atoms with Gasteiger partial charge in [0, 0.05) is 38.7 Å². The molecule has 1 heterocycles. The Balaban J connectivity index is 0.000000171. The molecule has 17 heavy (non-hydrogen) atoms. The molecule has 2 rings (SSSR count). The van der Waals surface area contributed by atoms with Crippen molar-refractivity contribution < 1.29 is 0 Å². The SMILES string of the molecule is CN(C)c1ccncc1.NCc1ccccc1. The molecule has 2 N–H and O–H groups in total. The molecule has 0 bridgehead atoms. The molecule has 1 aromatic heterocycles. The van der Waals surface area contributed by atoms with Gasteiger partial charge in [0.2, 0.25) is 0 Å². The molecule has 0 aliphatic carbocycles. The Morgan fingerprint density at radius 3 is 1.94 bits per heavy atom. The van der Waals surface area contributed by atoms with Gasteiger partial charge in [-0.1, -0.05) is 30.3 Å². The van der Waals surface area contributed by atoms with E-state index < -0.39 is 0 Å². The number of rotatable bonds is 2. The predicted molar refractivity (Wildman–Crippen MR) is 72.9 cm³/mol. The van der Waals surface area contributed by atoms with Gasteiger partial charge in [0.05, 0.1) is 0 Å². The molecule has 0 saturated heterocycles. The second-order valence-electron chi connectivity index (χ2n) is 3.79. The molecule has 3 heteroatoms. The molecule has 90 valence electrons. The summed E-state index contributed by atoms with van der Waals surface area (Å²) in [5, 5.41) is 0. The molecule has 1 aromatic carbocycles. The zero-order valence-electron chi connectivity index (χ0n) is 10.4. The van der Waals surface area contributed by atoms with Crippen molar-refractivity contribution in [3.8, 4) is 0 Å². The van der Waals surface area contributed by atoms with Gasteiger partial charge in [-0.15, -0.1) is 0 Å². The number of benzene rings is 1. The van der Waals surface area contributed by atoms with Crippen LogP contribution in [-0.2, 0) is 6.54 Å². The number of hydrogen-bond acceptors (Lipinski definition) is 3. The molecule has 0 atom stereocenters. The largest absolute Gasteiger partial charge is 0.378 e. The summed E-state index contributed by atoms with van der Waals surface area (Å²) in [6, 6.07) is 13.9. The highest BCUT2D eigenvalue weighted by molar-refractivity contribution is 5.42. The van der Waals surface area contributed by atoms with Gasteiger partial charge >= 0.3 is 0 Å². The van der Waals surface area contributed by atoms with Crippen LogP contribution in [0, 0.1) is 0 Å². The summed E-state index contributed by atoms with van der Waals surface area (Å²) >= 11 is 0. The maximum Gasteiger partial charge on any atom is 0.0391 e. The Morgan fingerprint density at radius 1 is 1.00 bits per heavy atom. The van der Waals surface area contributed by atoms with Crippen LogP contribution < -0.4 is 10.6 Å². The molecule has 3 nitrogen and oxygen atoms in total. The number of anilines is 1. The summed E-state index contributed by atoms with van der Waals surface area (Å²) in [7, 11) is 4.02. The molecule has 0 aliphatic rings. The highest BCUT2D eigenvalue weighted by Gasteiger charge is 1.88. The van der Waals surface area contributed by atoms with E-state index in [1.54, 1.807) is 12.4 Å². The van der Waals surface area contributed by atoms with Crippen LogP contribution in [0.4, 0.5) is 5.69 Å². The summed E-state index contributed by atoms with van der Waals surface area (Å²) in [5.74, 6) is 0. The van der Waals surface area contributed by atoms with Crippen molar-refractivity contribution in [3.63, 3.8) is 0 Å². The highest BCUT2D eigenvalue weighted by Crippen LogP contribution is 2.05. The first-order chi connectivity index (χ1) is 8.24. The second kappa shape index (κ2) is 7.41. The number of hydrogen-bond donors (Lipinski definition) is 1. The minimum absolute atomic E-state index is 0.640. The summed E-state index contributed by atoms with van der Waals surface area (Å²) in [6.45, 7) is 0.640.